The Balaban J connectivity index is 2.99. The second-order valence-electron chi connectivity index (χ2n) is 2.47. The molecule has 0 aromatic heterocycles. The first-order valence-corrected chi connectivity index (χ1v) is 2.95. The van der Waals surface area contributed by atoms with Crippen molar-refractivity contribution in [2.45, 2.75) is 24.4 Å². The Bertz CT molecular complexity index is 214. The molecular weight excluding hydrogens is 206 g/mol. The molecule has 0 bridgehead atoms. The fraction of sp³-hybridized carbons (Fsp3) is 0.800. The molecule has 1 heterocycles. The summed E-state index contributed by atoms with van der Waals surface area (Å²) in [6, 6.07) is 0. The average Bonchev–Trinajstić information content (AvgIpc) is 1.74. The molecule has 0 aliphatic carbocycles. The van der Waals surface area contributed by atoms with Gasteiger partial charge >= 0.3 is 23.9 Å². The van der Waals surface area contributed by atoms with Crippen LogP contribution in [0.25, 0.3) is 0 Å². The van der Waals surface area contributed by atoms with Crippen LogP contribution in [0.4, 0.5) is 26.3 Å². The summed E-state index contributed by atoms with van der Waals surface area (Å²) in [5.74, 6) is -1.50. The van der Waals surface area contributed by atoms with Crippen LogP contribution in [0.15, 0.2) is 0 Å². The lowest BCUT2D eigenvalue weighted by Crippen LogP contribution is -2.67. The van der Waals surface area contributed by atoms with Crippen LogP contribution >= 0.6 is 0 Å². The first kappa shape index (κ1) is 10.1. The van der Waals surface area contributed by atoms with E-state index in [2.05, 4.69) is 4.74 Å². The van der Waals surface area contributed by atoms with E-state index in [0.29, 0.717) is 0 Å². The van der Waals surface area contributed by atoms with E-state index < -0.39 is 30.3 Å². The van der Waals surface area contributed by atoms with Crippen molar-refractivity contribution in [3.8, 4) is 0 Å². The van der Waals surface area contributed by atoms with Crippen molar-refractivity contribution in [2.24, 2.45) is 0 Å². The number of alkyl halides is 6. The minimum Gasteiger partial charge on any atom is -0.439 e. The van der Waals surface area contributed by atoms with E-state index in [-0.39, 0.29) is 0 Å². The lowest BCUT2D eigenvalue weighted by atomic mass is 9.93. The summed E-state index contributed by atoms with van der Waals surface area (Å²) in [7, 11) is 0. The van der Waals surface area contributed by atoms with Gasteiger partial charge in [0.1, 0.15) is 6.42 Å². The van der Waals surface area contributed by atoms with E-state index in [9.17, 15) is 31.1 Å². The predicted molar refractivity (Wildman–Crippen MR) is 25.6 cm³/mol. The Labute approximate surface area is 67.5 Å². The number of halogens is 6. The minimum absolute atomic E-state index is 1.50. The number of esters is 1. The third kappa shape index (κ3) is 1.24. The van der Waals surface area contributed by atoms with Gasteiger partial charge in [0.2, 0.25) is 0 Å². The zero-order valence-electron chi connectivity index (χ0n) is 5.79. The van der Waals surface area contributed by atoms with Gasteiger partial charge in [-0.3, -0.25) is 4.79 Å². The van der Waals surface area contributed by atoms with Gasteiger partial charge < -0.3 is 4.74 Å². The van der Waals surface area contributed by atoms with E-state index >= 15 is 0 Å². The predicted octanol–water partition coefficient (Wildman–Crippen LogP) is 1.80. The second kappa shape index (κ2) is 2.30. The quantitative estimate of drug-likeness (QED) is 0.448. The number of ether oxygens (including phenoxy) is 1. The molecule has 1 aliphatic rings. The second-order valence-corrected chi connectivity index (χ2v) is 2.47. The van der Waals surface area contributed by atoms with E-state index in [0.717, 1.165) is 0 Å². The van der Waals surface area contributed by atoms with Gasteiger partial charge in [0.25, 0.3) is 0 Å². The first-order chi connectivity index (χ1) is 5.60. The van der Waals surface area contributed by atoms with Crippen LogP contribution in [0, 0.1) is 0 Å². The standard InChI is InChI=1S/C5H2F6O2/c6-4(7,8)3(5(9,10)11)1-2(12)13-3/h1H2. The summed E-state index contributed by atoms with van der Waals surface area (Å²) in [4.78, 5) is 9.99. The zero-order chi connectivity index (χ0) is 10.5. The van der Waals surface area contributed by atoms with E-state index in [1.807, 2.05) is 0 Å². The van der Waals surface area contributed by atoms with Gasteiger partial charge in [-0.05, 0) is 0 Å². The van der Waals surface area contributed by atoms with Crippen LogP contribution in [0.2, 0.25) is 0 Å². The Morgan fingerprint density at radius 1 is 1.08 bits per heavy atom. The molecule has 0 spiro atoms. The topological polar surface area (TPSA) is 26.3 Å². The molecule has 1 saturated heterocycles. The molecular formula is C5H2F6O2. The first-order valence-electron chi connectivity index (χ1n) is 2.95. The molecule has 1 fully saturated rings. The van der Waals surface area contributed by atoms with Crippen LogP contribution in [-0.2, 0) is 9.53 Å². The van der Waals surface area contributed by atoms with Crippen molar-refractivity contribution in [1.29, 1.82) is 0 Å². The summed E-state index contributed by atoms with van der Waals surface area (Å²) in [6.45, 7) is 0. The zero-order valence-corrected chi connectivity index (χ0v) is 5.79. The van der Waals surface area contributed by atoms with Crippen molar-refractivity contribution in [3.05, 3.63) is 0 Å². The van der Waals surface area contributed by atoms with E-state index in [1.54, 1.807) is 0 Å². The Morgan fingerprint density at radius 2 is 1.38 bits per heavy atom. The number of rotatable bonds is 0. The molecule has 0 unspecified atom stereocenters. The van der Waals surface area contributed by atoms with Crippen molar-refractivity contribution < 1.29 is 35.9 Å². The average molecular weight is 208 g/mol. The molecule has 0 aromatic rings. The SMILES string of the molecule is O=C1CC(C(F)(F)F)(C(F)(F)F)O1. The fourth-order valence-electron chi connectivity index (χ4n) is 0.866. The van der Waals surface area contributed by atoms with Gasteiger partial charge in [0.15, 0.2) is 0 Å². The highest BCUT2D eigenvalue weighted by molar-refractivity contribution is 5.77. The third-order valence-electron chi connectivity index (χ3n) is 1.60. The maximum absolute atomic E-state index is 11.8. The maximum atomic E-state index is 11.8. The highest BCUT2D eigenvalue weighted by atomic mass is 19.4. The molecule has 76 valence electrons. The number of carbonyl (C=O) groups excluding carboxylic acids is 1. The van der Waals surface area contributed by atoms with E-state index in [4.69, 9.17) is 0 Å². The lowest BCUT2D eigenvalue weighted by molar-refractivity contribution is -0.393. The van der Waals surface area contributed by atoms with Crippen molar-refractivity contribution in [2.75, 3.05) is 0 Å². The van der Waals surface area contributed by atoms with Crippen molar-refractivity contribution >= 4 is 5.97 Å². The molecule has 0 radical (unpaired) electrons. The molecule has 8 heteroatoms. The van der Waals surface area contributed by atoms with Gasteiger partial charge in [-0.2, -0.15) is 26.3 Å². The molecule has 13 heavy (non-hydrogen) atoms. The summed E-state index contributed by atoms with van der Waals surface area (Å²) >= 11 is 0. The summed E-state index contributed by atoms with van der Waals surface area (Å²) in [5, 5.41) is 0. The lowest BCUT2D eigenvalue weighted by Gasteiger charge is -2.42. The van der Waals surface area contributed by atoms with Crippen molar-refractivity contribution in [1.82, 2.24) is 0 Å². The summed E-state index contributed by atoms with van der Waals surface area (Å²) < 4.78 is 74.1. The van der Waals surface area contributed by atoms with Crippen LogP contribution in [0.5, 0.6) is 0 Å². The van der Waals surface area contributed by atoms with Gasteiger partial charge in [-0.25, -0.2) is 0 Å². The molecule has 0 N–H and O–H groups in total. The molecule has 0 saturated carbocycles. The Hall–Kier alpha value is -0.950. The largest absolute Gasteiger partial charge is 0.439 e. The smallest absolute Gasteiger partial charge is 0.438 e. The van der Waals surface area contributed by atoms with Gasteiger partial charge in [0.05, 0.1) is 0 Å². The molecule has 2 nitrogen and oxygen atoms in total. The summed E-state index contributed by atoms with van der Waals surface area (Å²) in [5.41, 5.74) is -4.28. The maximum Gasteiger partial charge on any atom is 0.438 e. The van der Waals surface area contributed by atoms with Crippen LogP contribution in [-0.4, -0.2) is 23.9 Å². The van der Waals surface area contributed by atoms with Gasteiger partial charge in [0, 0.05) is 0 Å². The van der Waals surface area contributed by atoms with Crippen LogP contribution in [0.3, 0.4) is 0 Å². The van der Waals surface area contributed by atoms with Gasteiger partial charge in [-0.15, -0.1) is 0 Å². The van der Waals surface area contributed by atoms with Crippen molar-refractivity contribution in [3.63, 3.8) is 0 Å². The minimum atomic E-state index is -5.61. The number of carbonyl (C=O) groups is 1. The van der Waals surface area contributed by atoms with E-state index in [1.165, 1.54) is 0 Å². The Kier molecular flexibility index (Phi) is 1.79. The third-order valence-corrected chi connectivity index (χ3v) is 1.60. The molecule has 0 amide bonds. The number of hydrogen-bond acceptors (Lipinski definition) is 2. The Morgan fingerprint density at radius 3 is 1.46 bits per heavy atom. The molecule has 1 aliphatic heterocycles. The highest BCUT2D eigenvalue weighted by Crippen LogP contribution is 2.52. The monoisotopic (exact) mass is 208 g/mol. The summed E-state index contributed by atoms with van der Waals surface area (Å²) in [6.07, 6.45) is -12.9. The fourth-order valence-corrected chi connectivity index (χ4v) is 0.866. The highest BCUT2D eigenvalue weighted by Gasteiger charge is 2.79. The van der Waals surface area contributed by atoms with Crippen LogP contribution in [0.1, 0.15) is 6.42 Å². The van der Waals surface area contributed by atoms with Gasteiger partial charge in [-0.1, -0.05) is 0 Å². The molecule has 0 aromatic carbocycles. The normalized spacial score (nSPS) is 22.2. The molecule has 0 atom stereocenters. The van der Waals surface area contributed by atoms with Crippen LogP contribution < -0.4 is 0 Å². The number of hydrogen-bond donors (Lipinski definition) is 0. The number of cyclic esters (lactones) is 1. The molecule has 1 rings (SSSR count).